The van der Waals surface area contributed by atoms with Gasteiger partial charge in [-0.2, -0.15) is 4.72 Å². The molecule has 104 valence electrons. The van der Waals surface area contributed by atoms with E-state index in [2.05, 4.69) is 9.71 Å². The second kappa shape index (κ2) is 4.73. The van der Waals surface area contributed by atoms with Crippen LogP contribution in [-0.4, -0.2) is 30.0 Å². The number of hydrogen-bond donors (Lipinski definition) is 2. The molecule has 1 atom stereocenters. The number of nitrogens with one attached hydrogen (secondary N) is 1. The summed E-state index contributed by atoms with van der Waals surface area (Å²) in [5.74, 6) is -1.39. The molecule has 0 spiro atoms. The summed E-state index contributed by atoms with van der Waals surface area (Å²) in [7, 11) is -4.02. The van der Waals surface area contributed by atoms with Crippen LogP contribution in [0.15, 0.2) is 23.2 Å². The van der Waals surface area contributed by atoms with Crippen LogP contribution >= 0.6 is 11.6 Å². The van der Waals surface area contributed by atoms with Gasteiger partial charge in [0.05, 0.1) is 0 Å². The van der Waals surface area contributed by atoms with Crippen LogP contribution in [0.1, 0.15) is 19.8 Å². The summed E-state index contributed by atoms with van der Waals surface area (Å²) >= 11 is 5.73. The lowest BCUT2D eigenvalue weighted by atomic mass is 9.98. The van der Waals surface area contributed by atoms with E-state index in [0.717, 1.165) is 0 Å². The number of pyridine rings is 1. The zero-order valence-electron chi connectivity index (χ0n) is 10.1. The summed E-state index contributed by atoms with van der Waals surface area (Å²) in [6.07, 6.45) is 2.73. The maximum atomic E-state index is 12.2. The van der Waals surface area contributed by atoms with Crippen LogP contribution in [0.3, 0.4) is 0 Å². The minimum absolute atomic E-state index is 0.182. The second-order valence-electron chi connectivity index (χ2n) is 4.68. The highest BCUT2D eigenvalue weighted by Crippen LogP contribution is 2.40. The van der Waals surface area contributed by atoms with Crippen molar-refractivity contribution in [2.75, 3.05) is 0 Å². The quantitative estimate of drug-likeness (QED) is 0.798. The van der Waals surface area contributed by atoms with Gasteiger partial charge in [-0.25, -0.2) is 13.4 Å². The molecule has 0 amide bonds. The van der Waals surface area contributed by atoms with Gasteiger partial charge in [0.25, 0.3) is 0 Å². The fraction of sp³-hybridized carbons (Fsp3) is 0.455. The van der Waals surface area contributed by atoms with E-state index in [0.29, 0.717) is 12.8 Å². The van der Waals surface area contributed by atoms with Crippen LogP contribution < -0.4 is 4.72 Å². The van der Waals surface area contributed by atoms with Crippen LogP contribution in [0.4, 0.5) is 0 Å². The molecule has 1 aromatic heterocycles. The highest BCUT2D eigenvalue weighted by Gasteiger charge is 2.50. The third kappa shape index (κ3) is 2.72. The van der Waals surface area contributed by atoms with Gasteiger partial charge >= 0.3 is 5.97 Å². The average Bonchev–Trinajstić information content (AvgIpc) is 3.12. The van der Waals surface area contributed by atoms with Crippen molar-refractivity contribution < 1.29 is 18.3 Å². The van der Waals surface area contributed by atoms with E-state index in [1.165, 1.54) is 25.3 Å². The predicted octanol–water partition coefficient (Wildman–Crippen LogP) is 1.27. The molecule has 1 aromatic rings. The van der Waals surface area contributed by atoms with Gasteiger partial charge in [0.15, 0.2) is 0 Å². The van der Waals surface area contributed by atoms with Gasteiger partial charge in [0.1, 0.15) is 15.6 Å². The molecule has 0 aliphatic heterocycles. The average molecular weight is 305 g/mol. The van der Waals surface area contributed by atoms with Crippen molar-refractivity contribution in [3.8, 4) is 0 Å². The number of hydrogen-bond acceptors (Lipinski definition) is 4. The number of sulfonamides is 1. The number of carboxylic acids is 1. The largest absolute Gasteiger partial charge is 0.480 e. The first-order chi connectivity index (χ1) is 8.77. The summed E-state index contributed by atoms with van der Waals surface area (Å²) in [6.45, 7) is 1.37. The Bertz CT molecular complexity index is 615. The molecule has 1 heterocycles. The highest BCUT2D eigenvalue weighted by molar-refractivity contribution is 7.89. The lowest BCUT2D eigenvalue weighted by Gasteiger charge is -2.25. The van der Waals surface area contributed by atoms with Crippen molar-refractivity contribution >= 4 is 27.6 Å². The number of carboxylic acid groups (broad SMARTS) is 1. The molecule has 1 aliphatic rings. The zero-order valence-corrected chi connectivity index (χ0v) is 11.7. The number of halogens is 1. The van der Waals surface area contributed by atoms with Crippen molar-refractivity contribution in [2.45, 2.75) is 30.2 Å². The summed E-state index contributed by atoms with van der Waals surface area (Å²) < 4.78 is 26.6. The molecule has 8 heteroatoms. The molecular weight excluding hydrogens is 292 g/mol. The first-order valence-corrected chi connectivity index (χ1v) is 7.51. The smallest absolute Gasteiger partial charge is 0.324 e. The summed E-state index contributed by atoms with van der Waals surface area (Å²) in [4.78, 5) is 14.8. The SMILES string of the molecule is CC(NS(=O)(=O)c1cccnc1Cl)(C(=O)O)C1CC1. The van der Waals surface area contributed by atoms with E-state index >= 15 is 0 Å². The summed E-state index contributed by atoms with van der Waals surface area (Å²) in [5, 5.41) is 9.06. The lowest BCUT2D eigenvalue weighted by molar-refractivity contribution is -0.144. The highest BCUT2D eigenvalue weighted by atomic mass is 35.5. The van der Waals surface area contributed by atoms with E-state index in [1.807, 2.05) is 0 Å². The standard InChI is InChI=1S/C11H13ClN2O4S/c1-11(10(15)16,7-4-5-7)14-19(17,18)8-3-2-6-13-9(8)12/h2-3,6-7,14H,4-5H2,1H3,(H,15,16). The van der Waals surface area contributed by atoms with Crippen molar-refractivity contribution in [3.05, 3.63) is 23.5 Å². The third-order valence-corrected chi connectivity index (χ3v) is 5.21. The van der Waals surface area contributed by atoms with Gasteiger partial charge in [-0.1, -0.05) is 11.6 Å². The molecule has 19 heavy (non-hydrogen) atoms. The maximum Gasteiger partial charge on any atom is 0.324 e. The number of aromatic nitrogens is 1. The Kier molecular flexibility index (Phi) is 3.55. The van der Waals surface area contributed by atoms with Gasteiger partial charge in [-0.05, 0) is 37.8 Å². The minimum Gasteiger partial charge on any atom is -0.480 e. The fourth-order valence-electron chi connectivity index (χ4n) is 1.87. The Hall–Kier alpha value is -1.18. The molecule has 0 saturated heterocycles. The Morgan fingerprint density at radius 2 is 2.21 bits per heavy atom. The molecule has 6 nitrogen and oxygen atoms in total. The van der Waals surface area contributed by atoms with Crippen LogP contribution in [0.5, 0.6) is 0 Å². The molecule has 0 bridgehead atoms. The molecule has 2 N–H and O–H groups in total. The normalized spacial score (nSPS) is 18.8. The summed E-state index contributed by atoms with van der Waals surface area (Å²) in [5.41, 5.74) is -1.52. The molecule has 1 fully saturated rings. The Balaban J connectivity index is 2.36. The second-order valence-corrected chi connectivity index (χ2v) is 6.69. The number of nitrogens with zero attached hydrogens (tertiary/aromatic N) is 1. The van der Waals surface area contributed by atoms with E-state index in [1.54, 1.807) is 0 Å². The molecule has 2 rings (SSSR count). The Labute approximate surface area is 115 Å². The van der Waals surface area contributed by atoms with Gasteiger partial charge in [0, 0.05) is 6.20 Å². The van der Waals surface area contributed by atoms with Crippen molar-refractivity contribution in [3.63, 3.8) is 0 Å². The van der Waals surface area contributed by atoms with Gasteiger partial charge < -0.3 is 5.11 Å². The lowest BCUT2D eigenvalue weighted by Crippen LogP contribution is -2.53. The third-order valence-electron chi connectivity index (χ3n) is 3.20. The molecule has 0 aromatic carbocycles. The summed E-state index contributed by atoms with van der Waals surface area (Å²) in [6, 6.07) is 2.71. The van der Waals surface area contributed by atoms with Crippen LogP contribution in [0, 0.1) is 5.92 Å². The van der Waals surface area contributed by atoms with E-state index in [-0.39, 0.29) is 16.0 Å². The minimum atomic E-state index is -4.02. The first-order valence-electron chi connectivity index (χ1n) is 5.65. The fourth-order valence-corrected chi connectivity index (χ4v) is 3.75. The Morgan fingerprint density at radius 1 is 1.58 bits per heavy atom. The van der Waals surface area contributed by atoms with E-state index < -0.39 is 21.5 Å². The number of rotatable bonds is 5. The first kappa shape index (κ1) is 14.2. The Morgan fingerprint density at radius 3 is 2.68 bits per heavy atom. The molecule has 1 saturated carbocycles. The zero-order chi connectivity index (χ0) is 14.3. The molecule has 1 aliphatic carbocycles. The number of carbonyl (C=O) groups is 1. The van der Waals surface area contributed by atoms with Gasteiger partial charge in [-0.3, -0.25) is 4.79 Å². The number of aliphatic carboxylic acids is 1. The van der Waals surface area contributed by atoms with Crippen molar-refractivity contribution in [2.24, 2.45) is 5.92 Å². The molecule has 0 radical (unpaired) electrons. The van der Waals surface area contributed by atoms with Crippen molar-refractivity contribution in [1.82, 2.24) is 9.71 Å². The monoisotopic (exact) mass is 304 g/mol. The topological polar surface area (TPSA) is 96.4 Å². The van der Waals surface area contributed by atoms with Crippen LogP contribution in [0.2, 0.25) is 5.15 Å². The van der Waals surface area contributed by atoms with E-state index in [4.69, 9.17) is 11.6 Å². The molecular formula is C11H13ClN2O4S. The van der Waals surface area contributed by atoms with Crippen LogP contribution in [-0.2, 0) is 14.8 Å². The van der Waals surface area contributed by atoms with Gasteiger partial charge in [-0.15, -0.1) is 0 Å². The molecule has 1 unspecified atom stereocenters. The van der Waals surface area contributed by atoms with Crippen LogP contribution in [0.25, 0.3) is 0 Å². The van der Waals surface area contributed by atoms with E-state index in [9.17, 15) is 18.3 Å². The maximum absolute atomic E-state index is 12.2. The predicted molar refractivity (Wildman–Crippen MR) is 68.3 cm³/mol. The van der Waals surface area contributed by atoms with Crippen molar-refractivity contribution in [1.29, 1.82) is 0 Å². The van der Waals surface area contributed by atoms with Gasteiger partial charge in [0.2, 0.25) is 10.0 Å².